The molecule has 1 amide bonds. The average Bonchev–Trinajstić information content (AvgIpc) is 3.00. The van der Waals surface area contributed by atoms with Crippen molar-refractivity contribution in [2.75, 3.05) is 6.54 Å². The van der Waals surface area contributed by atoms with Gasteiger partial charge in [-0.1, -0.05) is 29.8 Å². The molecular weight excluding hydrogens is 348 g/mol. The highest BCUT2D eigenvalue weighted by molar-refractivity contribution is 6.38. The number of carbonyl (C=O) groups excluding carboxylic acids is 1. The first-order valence-corrected chi connectivity index (χ1v) is 9.36. The molecule has 0 radical (unpaired) electrons. The summed E-state index contributed by atoms with van der Waals surface area (Å²) in [6.45, 7) is 4.76. The van der Waals surface area contributed by atoms with E-state index in [2.05, 4.69) is 17.0 Å². The molecule has 0 unspecified atom stereocenters. The summed E-state index contributed by atoms with van der Waals surface area (Å²) in [6, 6.07) is 10.0. The summed E-state index contributed by atoms with van der Waals surface area (Å²) in [4.78, 5) is 19.5. The van der Waals surface area contributed by atoms with Gasteiger partial charge in [-0.05, 0) is 45.2 Å². The number of rotatable bonds is 2. The molecule has 0 saturated carbocycles. The van der Waals surface area contributed by atoms with Gasteiger partial charge in [-0.25, -0.2) is 9.67 Å². The molecule has 0 aliphatic carbocycles. The van der Waals surface area contributed by atoms with Gasteiger partial charge in [0.05, 0.1) is 27.4 Å². The minimum atomic E-state index is -0.0385. The number of hydrogen-bond acceptors (Lipinski definition) is 3. The van der Waals surface area contributed by atoms with Crippen LogP contribution >= 0.6 is 11.6 Å². The Morgan fingerprint density at radius 1 is 1.23 bits per heavy atom. The fourth-order valence-electron chi connectivity index (χ4n) is 3.66. The lowest BCUT2D eigenvalue weighted by molar-refractivity contribution is 0.0635. The number of para-hydroxylation sites is 1. The minimum Gasteiger partial charge on any atom is -0.336 e. The number of amides is 1. The first kappa shape index (κ1) is 17.0. The molecule has 3 heterocycles. The third-order valence-electron chi connectivity index (χ3n) is 5.10. The van der Waals surface area contributed by atoms with Crippen LogP contribution in [0.4, 0.5) is 0 Å². The summed E-state index contributed by atoms with van der Waals surface area (Å²) in [5.74, 6) is -0.0385. The molecule has 0 spiro atoms. The van der Waals surface area contributed by atoms with Gasteiger partial charge in [0, 0.05) is 18.8 Å². The first-order chi connectivity index (χ1) is 12.6. The lowest BCUT2D eigenvalue weighted by Crippen LogP contribution is -2.42. The van der Waals surface area contributed by atoms with Crippen LogP contribution in [0.25, 0.3) is 16.7 Å². The highest BCUT2D eigenvalue weighted by Crippen LogP contribution is 2.31. The topological polar surface area (TPSA) is 51.0 Å². The molecule has 0 N–H and O–H groups in total. The molecule has 26 heavy (non-hydrogen) atoms. The number of hydrogen-bond donors (Lipinski definition) is 0. The summed E-state index contributed by atoms with van der Waals surface area (Å²) in [6.07, 6.45) is 4.83. The van der Waals surface area contributed by atoms with Crippen molar-refractivity contribution in [1.82, 2.24) is 19.7 Å². The number of aromatic nitrogens is 3. The largest absolute Gasteiger partial charge is 0.336 e. The Bertz CT molecular complexity index is 967. The van der Waals surface area contributed by atoms with Gasteiger partial charge < -0.3 is 4.90 Å². The van der Waals surface area contributed by atoms with Crippen molar-refractivity contribution in [3.63, 3.8) is 0 Å². The van der Waals surface area contributed by atoms with Crippen LogP contribution in [0, 0.1) is 6.92 Å². The maximum Gasteiger partial charge on any atom is 0.257 e. The van der Waals surface area contributed by atoms with E-state index in [1.807, 2.05) is 42.2 Å². The third-order valence-corrected chi connectivity index (χ3v) is 5.50. The van der Waals surface area contributed by atoms with Crippen LogP contribution in [0.2, 0.25) is 5.02 Å². The van der Waals surface area contributed by atoms with Crippen LogP contribution < -0.4 is 0 Å². The third kappa shape index (κ3) is 2.76. The van der Waals surface area contributed by atoms with E-state index >= 15 is 0 Å². The predicted octanol–water partition coefficient (Wildman–Crippen LogP) is 4.40. The van der Waals surface area contributed by atoms with Gasteiger partial charge in [0.25, 0.3) is 5.91 Å². The molecule has 1 aromatic carbocycles. The molecule has 1 aliphatic rings. The van der Waals surface area contributed by atoms with E-state index in [-0.39, 0.29) is 11.9 Å². The van der Waals surface area contributed by atoms with Crippen molar-refractivity contribution in [2.24, 2.45) is 0 Å². The van der Waals surface area contributed by atoms with E-state index in [1.54, 1.807) is 10.9 Å². The molecule has 1 saturated heterocycles. The molecule has 134 valence electrons. The molecule has 1 fully saturated rings. The average molecular weight is 369 g/mol. The minimum absolute atomic E-state index is 0.0385. The van der Waals surface area contributed by atoms with Gasteiger partial charge in [0.2, 0.25) is 0 Å². The normalized spacial score (nSPS) is 17.7. The lowest BCUT2D eigenvalue weighted by Gasteiger charge is -2.33. The number of fused-ring (bicyclic) bond motifs is 1. The highest BCUT2D eigenvalue weighted by Gasteiger charge is 2.27. The molecule has 2 aromatic heterocycles. The van der Waals surface area contributed by atoms with Crippen molar-refractivity contribution in [2.45, 2.75) is 39.2 Å². The van der Waals surface area contributed by atoms with Crippen molar-refractivity contribution in [3.8, 4) is 5.69 Å². The van der Waals surface area contributed by atoms with Gasteiger partial charge >= 0.3 is 0 Å². The zero-order valence-electron chi connectivity index (χ0n) is 14.9. The molecule has 4 rings (SSSR count). The van der Waals surface area contributed by atoms with Crippen LogP contribution in [0.3, 0.4) is 0 Å². The summed E-state index contributed by atoms with van der Waals surface area (Å²) >= 11 is 6.67. The quantitative estimate of drug-likeness (QED) is 0.673. The summed E-state index contributed by atoms with van der Waals surface area (Å²) in [5, 5.41) is 5.78. The summed E-state index contributed by atoms with van der Waals surface area (Å²) in [7, 11) is 0. The van der Waals surface area contributed by atoms with E-state index in [0.29, 0.717) is 16.2 Å². The van der Waals surface area contributed by atoms with Crippen molar-refractivity contribution in [3.05, 3.63) is 52.8 Å². The van der Waals surface area contributed by atoms with Crippen molar-refractivity contribution >= 4 is 28.5 Å². The van der Waals surface area contributed by atoms with E-state index in [0.717, 1.165) is 36.2 Å². The predicted molar refractivity (Wildman–Crippen MR) is 103 cm³/mol. The van der Waals surface area contributed by atoms with Gasteiger partial charge in [-0.3, -0.25) is 4.79 Å². The Kier molecular flexibility index (Phi) is 4.41. The maximum atomic E-state index is 13.0. The second-order valence-electron chi connectivity index (χ2n) is 6.86. The molecule has 0 bridgehead atoms. The fraction of sp³-hybridized carbons (Fsp3) is 0.350. The van der Waals surface area contributed by atoms with Crippen LogP contribution in [0.5, 0.6) is 0 Å². The van der Waals surface area contributed by atoms with E-state index in [4.69, 9.17) is 11.6 Å². The fourth-order valence-corrected chi connectivity index (χ4v) is 4.01. The highest BCUT2D eigenvalue weighted by atomic mass is 35.5. The number of likely N-dealkylation sites (tertiary alicyclic amines) is 1. The second-order valence-corrected chi connectivity index (χ2v) is 7.24. The lowest BCUT2D eigenvalue weighted by atomic mass is 10.0. The van der Waals surface area contributed by atoms with Crippen molar-refractivity contribution < 1.29 is 4.79 Å². The molecule has 1 atom stereocenters. The standard InChI is InChI=1S/C20H21ClN4O/c1-13-8-6-7-11-24(13)20(26)16-12-22-19-17(18(16)21)14(2)23-25(19)15-9-4-3-5-10-15/h3-5,9-10,12-13H,6-8,11H2,1-2H3/t13-/m0/s1. The Morgan fingerprint density at radius 2 is 2.00 bits per heavy atom. The molecule has 5 nitrogen and oxygen atoms in total. The van der Waals surface area contributed by atoms with E-state index in [1.165, 1.54) is 6.42 Å². The Labute approximate surface area is 157 Å². The van der Waals surface area contributed by atoms with E-state index < -0.39 is 0 Å². The van der Waals surface area contributed by atoms with Crippen LogP contribution in [-0.4, -0.2) is 38.2 Å². The monoisotopic (exact) mass is 368 g/mol. The number of carbonyl (C=O) groups is 1. The van der Waals surface area contributed by atoms with Gasteiger partial charge in [0.15, 0.2) is 5.65 Å². The zero-order valence-corrected chi connectivity index (χ0v) is 15.7. The molecule has 3 aromatic rings. The van der Waals surface area contributed by atoms with Gasteiger partial charge in [0.1, 0.15) is 0 Å². The SMILES string of the molecule is Cc1nn(-c2ccccc2)c2ncc(C(=O)N3CCCC[C@@H]3C)c(Cl)c12. The Hall–Kier alpha value is -2.40. The molecule has 6 heteroatoms. The van der Waals surface area contributed by atoms with E-state index in [9.17, 15) is 4.79 Å². The zero-order chi connectivity index (χ0) is 18.3. The second kappa shape index (κ2) is 6.72. The van der Waals surface area contributed by atoms with Crippen LogP contribution in [-0.2, 0) is 0 Å². The smallest absolute Gasteiger partial charge is 0.257 e. The number of aryl methyl sites for hydroxylation is 1. The van der Waals surface area contributed by atoms with Crippen LogP contribution in [0.1, 0.15) is 42.2 Å². The van der Waals surface area contributed by atoms with Crippen molar-refractivity contribution in [1.29, 1.82) is 0 Å². The summed E-state index contributed by atoms with van der Waals surface area (Å²) < 4.78 is 1.77. The Balaban J connectivity index is 1.81. The number of nitrogens with zero attached hydrogens (tertiary/aromatic N) is 4. The van der Waals surface area contributed by atoms with Gasteiger partial charge in [-0.2, -0.15) is 5.10 Å². The number of halogens is 1. The Morgan fingerprint density at radius 3 is 2.73 bits per heavy atom. The van der Waals surface area contributed by atoms with Gasteiger partial charge in [-0.15, -0.1) is 0 Å². The van der Waals surface area contributed by atoms with Crippen LogP contribution in [0.15, 0.2) is 36.5 Å². The maximum absolute atomic E-state index is 13.0. The summed E-state index contributed by atoms with van der Waals surface area (Å²) in [5.41, 5.74) is 2.81. The number of piperidine rings is 1. The first-order valence-electron chi connectivity index (χ1n) is 8.98. The number of benzene rings is 1. The number of pyridine rings is 1. The molecular formula is C20H21ClN4O. The molecule has 1 aliphatic heterocycles.